The highest BCUT2D eigenvalue weighted by Gasteiger charge is 2.35. The van der Waals surface area contributed by atoms with Gasteiger partial charge in [0.05, 0.1) is 0 Å². The molecule has 0 spiro atoms. The number of hydrogen-bond acceptors (Lipinski definition) is 2. The van der Waals surface area contributed by atoms with E-state index >= 15 is 0 Å². The van der Waals surface area contributed by atoms with Crippen molar-refractivity contribution in [3.8, 4) is 0 Å². The predicted octanol–water partition coefficient (Wildman–Crippen LogP) is 3.33. The fraction of sp³-hybridized carbons (Fsp3) is 0.944. The molecule has 0 heterocycles. The molecule has 0 bridgehead atoms. The lowest BCUT2D eigenvalue weighted by Gasteiger charge is -2.36. The smallest absolute Gasteiger partial charge is 0.223 e. The highest BCUT2D eigenvalue weighted by Crippen LogP contribution is 2.33. The summed E-state index contributed by atoms with van der Waals surface area (Å²) >= 11 is 0. The lowest BCUT2D eigenvalue weighted by Crippen LogP contribution is -2.46. The Morgan fingerprint density at radius 1 is 1.05 bits per heavy atom. The number of carbonyl (C=O) groups excluding carboxylic acids is 1. The van der Waals surface area contributed by atoms with Gasteiger partial charge in [0.2, 0.25) is 5.91 Å². The van der Waals surface area contributed by atoms with Crippen molar-refractivity contribution < 1.29 is 4.79 Å². The van der Waals surface area contributed by atoms with Gasteiger partial charge in [0.1, 0.15) is 0 Å². The molecule has 4 unspecified atom stereocenters. The molecule has 0 aromatic carbocycles. The molecule has 4 atom stereocenters. The van der Waals surface area contributed by atoms with Gasteiger partial charge in [0.15, 0.2) is 0 Å². The molecule has 0 aromatic heterocycles. The zero-order valence-electron chi connectivity index (χ0n) is 14.1. The largest absolute Gasteiger partial charge is 0.356 e. The van der Waals surface area contributed by atoms with Gasteiger partial charge in [-0.15, -0.1) is 0 Å². The molecule has 0 aromatic rings. The Morgan fingerprint density at radius 3 is 2.29 bits per heavy atom. The first-order valence-corrected chi connectivity index (χ1v) is 9.04. The SMILES string of the molecule is CCC1CCC(CNC(=O)C2CC(N)C(C)CC2C)CC1. The topological polar surface area (TPSA) is 55.1 Å². The monoisotopic (exact) mass is 294 g/mol. The minimum atomic E-state index is 0.128. The Bertz CT molecular complexity index is 336. The van der Waals surface area contributed by atoms with Crippen molar-refractivity contribution in [2.75, 3.05) is 6.54 Å². The zero-order valence-corrected chi connectivity index (χ0v) is 14.1. The van der Waals surface area contributed by atoms with Gasteiger partial charge in [-0.3, -0.25) is 4.79 Å². The maximum absolute atomic E-state index is 12.5. The maximum atomic E-state index is 12.5. The molecule has 2 fully saturated rings. The van der Waals surface area contributed by atoms with Crippen LogP contribution in [0.15, 0.2) is 0 Å². The van der Waals surface area contributed by atoms with Crippen molar-refractivity contribution in [1.82, 2.24) is 5.32 Å². The number of amides is 1. The lowest BCUT2D eigenvalue weighted by molar-refractivity contribution is -0.128. The molecule has 2 saturated carbocycles. The molecule has 3 nitrogen and oxygen atoms in total. The average Bonchev–Trinajstić information content (AvgIpc) is 2.49. The first-order chi connectivity index (χ1) is 10.0. The second kappa shape index (κ2) is 7.62. The van der Waals surface area contributed by atoms with Crippen LogP contribution in [-0.2, 0) is 4.79 Å². The quantitative estimate of drug-likeness (QED) is 0.835. The van der Waals surface area contributed by atoms with Crippen molar-refractivity contribution in [3.63, 3.8) is 0 Å². The summed E-state index contributed by atoms with van der Waals surface area (Å²) in [5.74, 6) is 3.02. The number of rotatable bonds is 4. The molecule has 0 aliphatic heterocycles. The molecule has 0 saturated heterocycles. The van der Waals surface area contributed by atoms with Crippen LogP contribution in [0.5, 0.6) is 0 Å². The predicted molar refractivity (Wildman–Crippen MR) is 87.8 cm³/mol. The van der Waals surface area contributed by atoms with Gasteiger partial charge in [0, 0.05) is 18.5 Å². The van der Waals surface area contributed by atoms with E-state index in [1.165, 1.54) is 32.1 Å². The molecule has 122 valence electrons. The molecular formula is C18H34N2O. The summed E-state index contributed by atoms with van der Waals surface area (Å²) in [5, 5.41) is 3.23. The minimum absolute atomic E-state index is 0.128. The molecule has 21 heavy (non-hydrogen) atoms. The van der Waals surface area contributed by atoms with Gasteiger partial charge in [-0.25, -0.2) is 0 Å². The number of nitrogens with two attached hydrogens (primary N) is 1. The molecule has 2 aliphatic rings. The Balaban J connectivity index is 1.74. The zero-order chi connectivity index (χ0) is 15.4. The first kappa shape index (κ1) is 16.8. The Morgan fingerprint density at radius 2 is 1.67 bits per heavy atom. The van der Waals surface area contributed by atoms with Gasteiger partial charge >= 0.3 is 0 Å². The van der Waals surface area contributed by atoms with Gasteiger partial charge < -0.3 is 11.1 Å². The van der Waals surface area contributed by atoms with E-state index in [4.69, 9.17) is 5.73 Å². The summed E-state index contributed by atoms with van der Waals surface area (Å²) < 4.78 is 0. The van der Waals surface area contributed by atoms with Gasteiger partial charge in [-0.05, 0) is 49.4 Å². The van der Waals surface area contributed by atoms with Crippen molar-refractivity contribution in [2.24, 2.45) is 35.3 Å². The number of hydrogen-bond donors (Lipinski definition) is 2. The highest BCUT2D eigenvalue weighted by atomic mass is 16.1. The van der Waals surface area contributed by atoms with Crippen molar-refractivity contribution in [2.45, 2.75) is 71.8 Å². The summed E-state index contributed by atoms with van der Waals surface area (Å²) in [6.45, 7) is 7.59. The van der Waals surface area contributed by atoms with Crippen LogP contribution in [0.2, 0.25) is 0 Å². The van der Waals surface area contributed by atoms with Crippen molar-refractivity contribution in [3.05, 3.63) is 0 Å². The van der Waals surface area contributed by atoms with Crippen molar-refractivity contribution >= 4 is 5.91 Å². The molecule has 0 radical (unpaired) electrons. The van der Waals surface area contributed by atoms with Crippen LogP contribution in [0.25, 0.3) is 0 Å². The van der Waals surface area contributed by atoms with E-state index in [9.17, 15) is 4.79 Å². The lowest BCUT2D eigenvalue weighted by atomic mass is 9.72. The molecule has 3 N–H and O–H groups in total. The van der Waals surface area contributed by atoms with Gasteiger partial charge in [0.25, 0.3) is 0 Å². The van der Waals surface area contributed by atoms with Crippen LogP contribution in [0.4, 0.5) is 0 Å². The van der Waals surface area contributed by atoms with Crippen LogP contribution >= 0.6 is 0 Å². The fourth-order valence-electron chi connectivity index (χ4n) is 4.27. The Hall–Kier alpha value is -0.570. The summed E-state index contributed by atoms with van der Waals surface area (Å²) in [7, 11) is 0. The fourth-order valence-corrected chi connectivity index (χ4v) is 4.27. The van der Waals surface area contributed by atoms with E-state index < -0.39 is 0 Å². The maximum Gasteiger partial charge on any atom is 0.223 e. The summed E-state index contributed by atoms with van der Waals surface area (Å²) in [6.07, 6.45) is 8.52. The highest BCUT2D eigenvalue weighted by molar-refractivity contribution is 5.79. The number of nitrogens with one attached hydrogen (secondary N) is 1. The van der Waals surface area contributed by atoms with Crippen LogP contribution in [0.3, 0.4) is 0 Å². The van der Waals surface area contributed by atoms with E-state index in [-0.39, 0.29) is 17.9 Å². The third kappa shape index (κ3) is 4.45. The summed E-state index contributed by atoms with van der Waals surface area (Å²) in [5.41, 5.74) is 6.16. The second-order valence-corrected chi connectivity index (χ2v) is 7.74. The first-order valence-electron chi connectivity index (χ1n) is 9.04. The molecular weight excluding hydrogens is 260 g/mol. The van der Waals surface area contributed by atoms with Crippen LogP contribution in [-0.4, -0.2) is 18.5 Å². The van der Waals surface area contributed by atoms with E-state index in [0.717, 1.165) is 25.3 Å². The standard InChI is InChI=1S/C18H34N2O/c1-4-14-5-7-15(8-6-14)11-20-18(21)16-10-17(19)13(3)9-12(16)2/h12-17H,4-11,19H2,1-3H3,(H,20,21). The third-order valence-electron chi connectivity index (χ3n) is 6.13. The van der Waals surface area contributed by atoms with Crippen LogP contribution < -0.4 is 11.1 Å². The molecule has 2 aliphatic carbocycles. The third-order valence-corrected chi connectivity index (χ3v) is 6.13. The second-order valence-electron chi connectivity index (χ2n) is 7.74. The Kier molecular flexibility index (Phi) is 6.09. The number of carbonyl (C=O) groups is 1. The van der Waals surface area contributed by atoms with Gasteiger partial charge in [-0.1, -0.05) is 40.0 Å². The van der Waals surface area contributed by atoms with E-state index in [0.29, 0.717) is 17.8 Å². The van der Waals surface area contributed by atoms with E-state index in [1.807, 2.05) is 0 Å². The normalized spacial score (nSPS) is 40.8. The molecule has 3 heteroatoms. The summed E-state index contributed by atoms with van der Waals surface area (Å²) in [6, 6.07) is 0.192. The van der Waals surface area contributed by atoms with Gasteiger partial charge in [-0.2, -0.15) is 0 Å². The van der Waals surface area contributed by atoms with Crippen LogP contribution in [0.1, 0.15) is 65.7 Å². The van der Waals surface area contributed by atoms with E-state index in [1.54, 1.807) is 0 Å². The summed E-state index contributed by atoms with van der Waals surface area (Å²) in [4.78, 5) is 12.5. The van der Waals surface area contributed by atoms with E-state index in [2.05, 4.69) is 26.1 Å². The molecule has 1 amide bonds. The minimum Gasteiger partial charge on any atom is -0.356 e. The van der Waals surface area contributed by atoms with Crippen LogP contribution in [0, 0.1) is 29.6 Å². The molecule has 2 rings (SSSR count). The van der Waals surface area contributed by atoms with Crippen molar-refractivity contribution in [1.29, 1.82) is 0 Å². The Labute approximate surface area is 130 Å². The average molecular weight is 294 g/mol.